The number of carbonyl (C=O) groups excluding carboxylic acids is 2. The van der Waals surface area contributed by atoms with E-state index in [-0.39, 0.29) is 29.5 Å². The number of nitrogens with zero attached hydrogens (tertiary/aromatic N) is 2. The van der Waals surface area contributed by atoms with E-state index in [1.54, 1.807) is 12.2 Å². The maximum absolute atomic E-state index is 13.0. The number of aromatic nitrogens is 4. The molecule has 2 aliphatic rings. The third-order valence-corrected chi connectivity index (χ3v) is 5.68. The molecule has 5 rings (SSSR count). The number of H-pyrrole nitrogens is 2. The molecule has 0 unspecified atom stereocenters. The predicted molar refractivity (Wildman–Crippen MR) is 140 cm³/mol. The third-order valence-electron chi connectivity index (χ3n) is 5.68. The summed E-state index contributed by atoms with van der Waals surface area (Å²) in [6.07, 6.45) is 8.67. The van der Waals surface area contributed by atoms with Crippen LogP contribution in [-0.2, 0) is 26.5 Å². The van der Waals surface area contributed by atoms with Crippen molar-refractivity contribution in [2.75, 3.05) is 13.2 Å². The Morgan fingerprint density at radius 2 is 1.16 bits per heavy atom. The second-order valence-corrected chi connectivity index (χ2v) is 8.48. The van der Waals surface area contributed by atoms with E-state index in [1.165, 1.54) is 0 Å². The smallest absolute Gasteiger partial charge is 0.342 e. The van der Waals surface area contributed by atoms with Crippen LogP contribution in [0.15, 0.2) is 36.4 Å². The van der Waals surface area contributed by atoms with Gasteiger partial charge in [0.15, 0.2) is 0 Å². The van der Waals surface area contributed by atoms with Crippen LogP contribution >= 0.6 is 0 Å². The molecule has 0 fully saturated rings. The van der Waals surface area contributed by atoms with Gasteiger partial charge in [-0.2, -0.15) is 0 Å². The Morgan fingerprint density at radius 1 is 0.711 bits per heavy atom. The fourth-order valence-corrected chi connectivity index (χ4v) is 4.04. The zero-order valence-corrected chi connectivity index (χ0v) is 22.8. The summed E-state index contributed by atoms with van der Waals surface area (Å²) in [6, 6.07) is 11.1. The summed E-state index contributed by atoms with van der Waals surface area (Å²) >= 11 is 0. The van der Waals surface area contributed by atoms with Crippen molar-refractivity contribution >= 4 is 58.3 Å². The van der Waals surface area contributed by atoms with Crippen molar-refractivity contribution in [3.8, 4) is 0 Å². The van der Waals surface area contributed by atoms with Gasteiger partial charge in [-0.3, -0.25) is 0 Å². The van der Waals surface area contributed by atoms with Gasteiger partial charge >= 0.3 is 11.9 Å². The first-order chi connectivity index (χ1) is 17.6. The van der Waals surface area contributed by atoms with E-state index in [1.807, 2.05) is 62.4 Å². The molecule has 8 bridgehead atoms. The SMILES string of the molecule is CCCOC(=O)c1c2nc(cc3ccc([nH]3)c(C(=O)OCCC)c3ccc(cc4nc1C=C4)[nH]3)C=C2.[Cl-].[Mn]. The first kappa shape index (κ1) is 28.9. The molecule has 5 heterocycles. The van der Waals surface area contributed by atoms with E-state index in [9.17, 15) is 9.59 Å². The number of rotatable bonds is 6. The Labute approximate surface area is 236 Å². The van der Waals surface area contributed by atoms with Crippen molar-refractivity contribution in [1.82, 2.24) is 19.9 Å². The first-order valence-electron chi connectivity index (χ1n) is 12.0. The molecule has 0 saturated carbocycles. The summed E-state index contributed by atoms with van der Waals surface area (Å²) < 4.78 is 10.9. The molecule has 3 aromatic heterocycles. The molecule has 0 amide bonds. The molecule has 2 N–H and O–H groups in total. The topological polar surface area (TPSA) is 110 Å². The van der Waals surface area contributed by atoms with Gasteiger partial charge in [0, 0.05) is 28.1 Å². The standard InChI is InChI=1S/C28H26N4O4.ClH.Mn/c1-3-13-35-27(33)25-21-9-5-17(29-21)15-19-7-11-23(31-19)26(28(34)36-14-4-2)24-12-8-20(32-24)16-18-6-10-22(25)30-18;;/h5-12,15-16,29-30H,3-4,13-14H2,1-2H3;1H;/p-1. The summed E-state index contributed by atoms with van der Waals surface area (Å²) in [5.41, 5.74) is 5.78. The summed E-state index contributed by atoms with van der Waals surface area (Å²) in [6.45, 7) is 4.55. The zero-order valence-electron chi connectivity index (χ0n) is 20.9. The van der Waals surface area contributed by atoms with Crippen LogP contribution in [0.4, 0.5) is 0 Å². The van der Waals surface area contributed by atoms with E-state index in [2.05, 4.69) is 19.9 Å². The molecular weight excluding hydrogens is 547 g/mol. The molecule has 0 atom stereocenters. The third kappa shape index (κ3) is 6.07. The zero-order chi connectivity index (χ0) is 25.1. The van der Waals surface area contributed by atoms with Crippen LogP contribution in [-0.4, -0.2) is 45.1 Å². The van der Waals surface area contributed by atoms with E-state index < -0.39 is 11.9 Å². The van der Waals surface area contributed by atoms with Crippen molar-refractivity contribution < 1.29 is 48.5 Å². The second kappa shape index (κ2) is 12.7. The number of aromatic amines is 2. The van der Waals surface area contributed by atoms with Gasteiger partial charge in [-0.15, -0.1) is 0 Å². The number of hydrogen-bond donors (Lipinski definition) is 2. The van der Waals surface area contributed by atoms with Crippen LogP contribution in [0.1, 0.15) is 70.2 Å². The van der Waals surface area contributed by atoms with Gasteiger partial charge in [-0.25, -0.2) is 19.6 Å². The van der Waals surface area contributed by atoms with Gasteiger partial charge in [0.1, 0.15) is 11.1 Å². The minimum absolute atomic E-state index is 0. The van der Waals surface area contributed by atoms with Gasteiger partial charge in [0.25, 0.3) is 0 Å². The molecule has 0 aliphatic carbocycles. The molecule has 38 heavy (non-hydrogen) atoms. The van der Waals surface area contributed by atoms with Crippen LogP contribution in [0, 0.1) is 0 Å². The molecule has 2 aliphatic heterocycles. The van der Waals surface area contributed by atoms with Crippen molar-refractivity contribution in [2.24, 2.45) is 0 Å². The van der Waals surface area contributed by atoms with Gasteiger partial charge < -0.3 is 31.8 Å². The van der Waals surface area contributed by atoms with Crippen LogP contribution in [0.2, 0.25) is 0 Å². The van der Waals surface area contributed by atoms with Gasteiger partial charge in [-0.05, 0) is 73.5 Å². The maximum atomic E-state index is 13.0. The molecule has 0 spiro atoms. The van der Waals surface area contributed by atoms with Crippen molar-refractivity contribution in [3.05, 3.63) is 70.3 Å². The average molecular weight is 573 g/mol. The van der Waals surface area contributed by atoms with Crippen LogP contribution in [0.3, 0.4) is 0 Å². The molecule has 1 radical (unpaired) electrons. The fourth-order valence-electron chi connectivity index (χ4n) is 4.04. The van der Waals surface area contributed by atoms with E-state index in [0.717, 1.165) is 23.9 Å². The van der Waals surface area contributed by atoms with Crippen molar-refractivity contribution in [3.63, 3.8) is 0 Å². The Balaban J connectivity index is 0.00000200. The summed E-state index contributed by atoms with van der Waals surface area (Å²) in [5, 5.41) is 0. The van der Waals surface area contributed by atoms with Gasteiger partial charge in [0.05, 0.1) is 47.0 Å². The summed E-state index contributed by atoms with van der Waals surface area (Å²) in [7, 11) is 0. The Bertz CT molecular complexity index is 1480. The normalized spacial score (nSPS) is 11.4. The number of esters is 2. The number of nitrogens with one attached hydrogen (secondary N) is 2. The molecule has 0 aromatic carbocycles. The van der Waals surface area contributed by atoms with Gasteiger partial charge in [0.2, 0.25) is 0 Å². The number of hydrogen-bond acceptors (Lipinski definition) is 6. The van der Waals surface area contributed by atoms with Gasteiger partial charge in [-0.1, -0.05) is 13.8 Å². The molecular formula is C28H26ClMnN4O4-. The Kier molecular flexibility index (Phi) is 9.69. The number of ether oxygens (including phenoxy) is 2. The number of fused-ring (bicyclic) bond motifs is 8. The van der Waals surface area contributed by atoms with Crippen LogP contribution < -0.4 is 12.4 Å². The molecule has 0 saturated heterocycles. The summed E-state index contributed by atoms with van der Waals surface area (Å²) in [4.78, 5) is 41.8. The number of halogens is 1. The summed E-state index contributed by atoms with van der Waals surface area (Å²) in [5.74, 6) is -0.867. The van der Waals surface area contributed by atoms with E-state index in [4.69, 9.17) is 9.47 Å². The second-order valence-electron chi connectivity index (χ2n) is 8.48. The first-order valence-corrected chi connectivity index (χ1v) is 12.0. The molecule has 10 heteroatoms. The van der Waals surface area contributed by atoms with Crippen molar-refractivity contribution in [2.45, 2.75) is 26.7 Å². The molecule has 3 aromatic rings. The van der Waals surface area contributed by atoms with Crippen molar-refractivity contribution in [1.29, 1.82) is 0 Å². The largest absolute Gasteiger partial charge is 1.00 e. The van der Waals surface area contributed by atoms with Crippen LogP contribution in [0.25, 0.3) is 46.4 Å². The van der Waals surface area contributed by atoms with E-state index in [0.29, 0.717) is 58.1 Å². The Hall–Kier alpha value is -3.65. The van der Waals surface area contributed by atoms with E-state index >= 15 is 0 Å². The Morgan fingerprint density at radius 3 is 1.61 bits per heavy atom. The quantitative estimate of drug-likeness (QED) is 0.239. The molecule has 197 valence electrons. The molecule has 8 nitrogen and oxygen atoms in total. The number of carbonyl (C=O) groups is 2. The minimum atomic E-state index is -0.457. The minimum Gasteiger partial charge on any atom is -1.00 e. The average Bonchev–Trinajstić information content (AvgIpc) is 3.67. The monoisotopic (exact) mass is 572 g/mol. The maximum Gasteiger partial charge on any atom is 0.342 e. The fraction of sp³-hybridized carbons (Fsp3) is 0.214. The van der Waals surface area contributed by atoms with Crippen LogP contribution in [0.5, 0.6) is 0 Å². The predicted octanol–water partition coefficient (Wildman–Crippen LogP) is 2.79.